The molecule has 5 heteroatoms. The Bertz CT molecular complexity index is 728. The SMILES string of the molecule is Cc1ccc(NC(=O)[C@@H]2CCCN2C(=O)OCc2ccccc2)cc1. The van der Waals surface area contributed by atoms with Crippen molar-refractivity contribution in [3.8, 4) is 0 Å². The molecule has 3 rings (SSSR count). The van der Waals surface area contributed by atoms with Gasteiger partial charge in [-0.3, -0.25) is 9.69 Å². The molecule has 1 aliphatic heterocycles. The van der Waals surface area contributed by atoms with E-state index in [4.69, 9.17) is 4.74 Å². The first-order chi connectivity index (χ1) is 12.1. The maximum atomic E-state index is 12.5. The predicted molar refractivity (Wildman–Crippen MR) is 96.2 cm³/mol. The Hall–Kier alpha value is -2.82. The number of hydrogen-bond acceptors (Lipinski definition) is 3. The second-order valence-electron chi connectivity index (χ2n) is 6.25. The lowest BCUT2D eigenvalue weighted by Crippen LogP contribution is -2.43. The molecule has 5 nitrogen and oxygen atoms in total. The summed E-state index contributed by atoms with van der Waals surface area (Å²) in [5.41, 5.74) is 2.79. The summed E-state index contributed by atoms with van der Waals surface area (Å²) in [4.78, 5) is 26.4. The number of nitrogens with zero attached hydrogens (tertiary/aromatic N) is 1. The van der Waals surface area contributed by atoms with Gasteiger partial charge in [0.2, 0.25) is 5.91 Å². The van der Waals surface area contributed by atoms with Crippen molar-refractivity contribution in [2.24, 2.45) is 0 Å². The molecule has 0 unspecified atom stereocenters. The number of benzene rings is 2. The van der Waals surface area contributed by atoms with Crippen molar-refractivity contribution in [3.05, 3.63) is 65.7 Å². The fraction of sp³-hybridized carbons (Fsp3) is 0.300. The van der Waals surface area contributed by atoms with Crippen molar-refractivity contribution in [1.29, 1.82) is 0 Å². The molecule has 0 bridgehead atoms. The highest BCUT2D eigenvalue weighted by Gasteiger charge is 2.35. The Labute approximate surface area is 147 Å². The molecule has 0 aliphatic carbocycles. The first-order valence-corrected chi connectivity index (χ1v) is 8.48. The number of amides is 2. The highest BCUT2D eigenvalue weighted by atomic mass is 16.6. The van der Waals surface area contributed by atoms with Crippen LogP contribution >= 0.6 is 0 Å². The van der Waals surface area contributed by atoms with Crippen LogP contribution in [0.3, 0.4) is 0 Å². The summed E-state index contributed by atoms with van der Waals surface area (Å²) in [5, 5.41) is 2.88. The highest BCUT2D eigenvalue weighted by molar-refractivity contribution is 5.96. The van der Waals surface area contributed by atoms with Crippen LogP contribution in [-0.2, 0) is 16.1 Å². The van der Waals surface area contributed by atoms with E-state index in [-0.39, 0.29) is 12.5 Å². The van der Waals surface area contributed by atoms with Gasteiger partial charge in [-0.2, -0.15) is 0 Å². The molecule has 1 N–H and O–H groups in total. The summed E-state index contributed by atoms with van der Waals surface area (Å²) in [6.07, 6.45) is 1.01. The number of carbonyl (C=O) groups excluding carboxylic acids is 2. The standard InChI is InChI=1S/C20H22N2O3/c1-15-9-11-17(12-10-15)21-19(23)18-8-5-13-22(18)20(24)25-14-16-6-3-2-4-7-16/h2-4,6-7,9-12,18H,5,8,13-14H2,1H3,(H,21,23)/t18-/m0/s1. The summed E-state index contributed by atoms with van der Waals surface area (Å²) >= 11 is 0. The van der Waals surface area contributed by atoms with E-state index in [1.807, 2.05) is 61.5 Å². The van der Waals surface area contributed by atoms with E-state index in [1.165, 1.54) is 4.90 Å². The molecule has 0 spiro atoms. The summed E-state index contributed by atoms with van der Waals surface area (Å²) in [5.74, 6) is -0.169. The first kappa shape index (κ1) is 17.0. The van der Waals surface area contributed by atoms with Gasteiger partial charge < -0.3 is 10.1 Å². The number of likely N-dealkylation sites (tertiary alicyclic amines) is 1. The van der Waals surface area contributed by atoms with Crippen LogP contribution in [0.15, 0.2) is 54.6 Å². The number of hydrogen-bond donors (Lipinski definition) is 1. The van der Waals surface area contributed by atoms with E-state index < -0.39 is 12.1 Å². The topological polar surface area (TPSA) is 58.6 Å². The number of nitrogens with one attached hydrogen (secondary N) is 1. The molecule has 25 heavy (non-hydrogen) atoms. The maximum Gasteiger partial charge on any atom is 0.410 e. The van der Waals surface area contributed by atoms with Crippen molar-refractivity contribution in [1.82, 2.24) is 4.90 Å². The minimum atomic E-state index is -0.482. The van der Waals surface area contributed by atoms with Gasteiger partial charge in [0.25, 0.3) is 0 Å². The Kier molecular flexibility index (Phi) is 5.33. The third-order valence-electron chi connectivity index (χ3n) is 4.31. The minimum absolute atomic E-state index is 0.169. The van der Waals surface area contributed by atoms with E-state index in [0.717, 1.165) is 23.2 Å². The van der Waals surface area contributed by atoms with Gasteiger partial charge in [-0.15, -0.1) is 0 Å². The molecule has 2 aromatic rings. The molecular formula is C20H22N2O3. The normalized spacial score (nSPS) is 16.5. The van der Waals surface area contributed by atoms with Crippen molar-refractivity contribution < 1.29 is 14.3 Å². The smallest absolute Gasteiger partial charge is 0.410 e. The second-order valence-corrected chi connectivity index (χ2v) is 6.25. The van der Waals surface area contributed by atoms with E-state index in [1.54, 1.807) is 0 Å². The van der Waals surface area contributed by atoms with E-state index in [2.05, 4.69) is 5.32 Å². The largest absolute Gasteiger partial charge is 0.445 e. The Balaban J connectivity index is 1.58. The summed E-state index contributed by atoms with van der Waals surface area (Å²) in [7, 11) is 0. The summed E-state index contributed by atoms with van der Waals surface area (Å²) in [6, 6.07) is 16.6. The highest BCUT2D eigenvalue weighted by Crippen LogP contribution is 2.21. The molecule has 1 heterocycles. The third-order valence-corrected chi connectivity index (χ3v) is 4.31. The van der Waals surface area contributed by atoms with Crippen LogP contribution in [0.4, 0.5) is 10.5 Å². The Morgan fingerprint density at radius 3 is 2.56 bits per heavy atom. The van der Waals surface area contributed by atoms with E-state index in [9.17, 15) is 9.59 Å². The molecular weight excluding hydrogens is 316 g/mol. The minimum Gasteiger partial charge on any atom is -0.445 e. The first-order valence-electron chi connectivity index (χ1n) is 8.48. The molecule has 1 atom stereocenters. The lowest BCUT2D eigenvalue weighted by Gasteiger charge is -2.23. The van der Waals surface area contributed by atoms with Gasteiger partial charge in [0.05, 0.1) is 0 Å². The average Bonchev–Trinajstić information content (AvgIpc) is 3.12. The zero-order valence-electron chi connectivity index (χ0n) is 14.3. The van der Waals surface area contributed by atoms with Crippen LogP contribution in [-0.4, -0.2) is 29.5 Å². The van der Waals surface area contributed by atoms with Crippen LogP contribution in [0.5, 0.6) is 0 Å². The summed E-state index contributed by atoms with van der Waals surface area (Å²) in [6.45, 7) is 2.75. The molecule has 1 aliphatic rings. The maximum absolute atomic E-state index is 12.5. The van der Waals surface area contributed by atoms with Gasteiger partial charge in [0, 0.05) is 12.2 Å². The van der Waals surface area contributed by atoms with Crippen molar-refractivity contribution in [3.63, 3.8) is 0 Å². The van der Waals surface area contributed by atoms with Gasteiger partial charge in [0.1, 0.15) is 12.6 Å². The number of anilines is 1. The van der Waals surface area contributed by atoms with Crippen LogP contribution in [0.1, 0.15) is 24.0 Å². The monoisotopic (exact) mass is 338 g/mol. The fourth-order valence-electron chi connectivity index (χ4n) is 2.92. The van der Waals surface area contributed by atoms with Crippen molar-refractivity contribution in [2.75, 3.05) is 11.9 Å². The zero-order valence-corrected chi connectivity index (χ0v) is 14.3. The molecule has 0 saturated carbocycles. The Morgan fingerprint density at radius 2 is 1.84 bits per heavy atom. The number of aryl methyl sites for hydroxylation is 1. The van der Waals surface area contributed by atoms with Crippen LogP contribution in [0.2, 0.25) is 0 Å². The summed E-state index contributed by atoms with van der Waals surface area (Å²) < 4.78 is 5.37. The van der Waals surface area contributed by atoms with Gasteiger partial charge >= 0.3 is 6.09 Å². The van der Waals surface area contributed by atoms with Gasteiger partial charge in [-0.05, 0) is 37.5 Å². The van der Waals surface area contributed by atoms with Gasteiger partial charge in [-0.1, -0.05) is 48.0 Å². The molecule has 0 aromatic heterocycles. The average molecular weight is 338 g/mol. The molecule has 2 amide bonds. The molecule has 1 saturated heterocycles. The van der Waals surface area contributed by atoms with Crippen LogP contribution in [0.25, 0.3) is 0 Å². The predicted octanol–water partition coefficient (Wildman–Crippen LogP) is 3.73. The molecule has 1 fully saturated rings. The quantitative estimate of drug-likeness (QED) is 0.924. The van der Waals surface area contributed by atoms with Gasteiger partial charge in [-0.25, -0.2) is 4.79 Å². The molecule has 2 aromatic carbocycles. The van der Waals surface area contributed by atoms with Gasteiger partial charge in [0.15, 0.2) is 0 Å². The van der Waals surface area contributed by atoms with Crippen LogP contribution in [0, 0.1) is 6.92 Å². The van der Waals surface area contributed by atoms with E-state index in [0.29, 0.717) is 13.0 Å². The van der Waals surface area contributed by atoms with Crippen molar-refractivity contribution in [2.45, 2.75) is 32.4 Å². The Morgan fingerprint density at radius 1 is 1.12 bits per heavy atom. The van der Waals surface area contributed by atoms with E-state index >= 15 is 0 Å². The second kappa shape index (κ2) is 7.83. The zero-order chi connectivity index (χ0) is 17.6. The van der Waals surface area contributed by atoms with Crippen molar-refractivity contribution >= 4 is 17.7 Å². The lowest BCUT2D eigenvalue weighted by atomic mass is 10.2. The third kappa shape index (κ3) is 4.38. The van der Waals surface area contributed by atoms with Crippen LogP contribution < -0.4 is 5.32 Å². The number of ether oxygens (including phenoxy) is 1. The fourth-order valence-corrected chi connectivity index (χ4v) is 2.92. The number of rotatable bonds is 4. The molecule has 130 valence electrons. The molecule has 0 radical (unpaired) electrons. The number of carbonyl (C=O) groups is 2. The lowest BCUT2D eigenvalue weighted by molar-refractivity contribution is -0.120.